The summed E-state index contributed by atoms with van der Waals surface area (Å²) in [6.07, 6.45) is 0. The third-order valence-corrected chi connectivity index (χ3v) is 2.99. The van der Waals surface area contributed by atoms with Crippen LogP contribution in [0.25, 0.3) is 10.1 Å². The van der Waals surface area contributed by atoms with Crippen molar-refractivity contribution in [2.45, 2.75) is 0 Å². The summed E-state index contributed by atoms with van der Waals surface area (Å²) in [6, 6.07) is 3.05. The van der Waals surface area contributed by atoms with Gasteiger partial charge in [-0.15, -0.1) is 11.3 Å². The number of phenols is 1. The van der Waals surface area contributed by atoms with Crippen molar-refractivity contribution in [2.75, 3.05) is 5.73 Å². The molecule has 1 aromatic heterocycles. The van der Waals surface area contributed by atoms with Gasteiger partial charge in [0.05, 0.1) is 5.69 Å². The lowest BCUT2D eigenvalue weighted by atomic mass is 9.80. The van der Waals surface area contributed by atoms with Crippen LogP contribution in [0.4, 0.5) is 5.69 Å². The molecule has 0 amide bonds. The molecule has 72 valence electrons. The Morgan fingerprint density at radius 3 is 2.64 bits per heavy atom. The molecule has 0 radical (unpaired) electrons. The number of fused-ring (bicyclic) bond motifs is 1. The summed E-state index contributed by atoms with van der Waals surface area (Å²) in [5.41, 5.74) is 6.18. The van der Waals surface area contributed by atoms with E-state index in [0.717, 1.165) is 4.70 Å². The van der Waals surface area contributed by atoms with Crippen LogP contribution in [0.2, 0.25) is 0 Å². The van der Waals surface area contributed by atoms with Crippen molar-refractivity contribution in [2.24, 2.45) is 0 Å². The molecule has 1 aromatic carbocycles. The lowest BCUT2D eigenvalue weighted by Crippen LogP contribution is -2.28. The Balaban J connectivity index is 2.74. The highest BCUT2D eigenvalue weighted by atomic mass is 32.1. The fourth-order valence-corrected chi connectivity index (χ4v) is 2.30. The Hall–Kier alpha value is -1.24. The van der Waals surface area contributed by atoms with Crippen LogP contribution in [0.1, 0.15) is 0 Å². The summed E-state index contributed by atoms with van der Waals surface area (Å²) in [6.45, 7) is 0. The molecule has 2 rings (SSSR count). The molecule has 1 heterocycles. The predicted octanol–water partition coefficient (Wildman–Crippen LogP) is -0.131. The molecule has 0 saturated heterocycles. The molecule has 0 aliphatic heterocycles. The molecule has 0 aliphatic carbocycles. The van der Waals surface area contributed by atoms with E-state index in [-0.39, 0.29) is 5.75 Å². The molecule has 6 heteroatoms. The second-order valence-corrected chi connectivity index (χ2v) is 3.88. The minimum absolute atomic E-state index is 0.0437. The minimum atomic E-state index is -1.52. The van der Waals surface area contributed by atoms with E-state index in [2.05, 4.69) is 0 Å². The van der Waals surface area contributed by atoms with Gasteiger partial charge in [-0.3, -0.25) is 0 Å². The lowest BCUT2D eigenvalue weighted by Gasteiger charge is -2.00. The van der Waals surface area contributed by atoms with E-state index >= 15 is 0 Å². The molecule has 0 fully saturated rings. The molecule has 4 nitrogen and oxygen atoms in total. The van der Waals surface area contributed by atoms with E-state index in [9.17, 15) is 5.11 Å². The second-order valence-electron chi connectivity index (χ2n) is 2.97. The molecule has 2 aromatic rings. The number of anilines is 1. The van der Waals surface area contributed by atoms with Gasteiger partial charge in [0.15, 0.2) is 0 Å². The number of hydrogen-bond acceptors (Lipinski definition) is 5. The van der Waals surface area contributed by atoms with Crippen LogP contribution in [-0.4, -0.2) is 22.3 Å². The largest absolute Gasteiger partial charge is 0.506 e. The van der Waals surface area contributed by atoms with Gasteiger partial charge in [-0.25, -0.2) is 0 Å². The smallest absolute Gasteiger partial charge is 0.489 e. The Labute approximate surface area is 84.4 Å². The number of thiophene rings is 1. The second kappa shape index (κ2) is 3.16. The Morgan fingerprint density at radius 1 is 1.29 bits per heavy atom. The van der Waals surface area contributed by atoms with Crippen molar-refractivity contribution in [1.29, 1.82) is 0 Å². The fraction of sp³-hybridized carbons (Fsp3) is 0. The van der Waals surface area contributed by atoms with Crippen LogP contribution in [0, 0.1) is 0 Å². The van der Waals surface area contributed by atoms with Gasteiger partial charge >= 0.3 is 7.12 Å². The van der Waals surface area contributed by atoms with Gasteiger partial charge in [-0.2, -0.15) is 0 Å². The van der Waals surface area contributed by atoms with Gasteiger partial charge in [0, 0.05) is 10.2 Å². The maximum atomic E-state index is 9.36. The van der Waals surface area contributed by atoms with Gasteiger partial charge in [0.1, 0.15) is 5.75 Å². The SMILES string of the molecule is Nc1cc2scc(B(O)O)c2cc1O. The first-order valence-corrected chi connectivity index (χ1v) is 4.83. The van der Waals surface area contributed by atoms with Gasteiger partial charge in [-0.1, -0.05) is 0 Å². The van der Waals surface area contributed by atoms with E-state index in [1.807, 2.05) is 0 Å². The average Bonchev–Trinajstić information content (AvgIpc) is 2.48. The summed E-state index contributed by atoms with van der Waals surface area (Å²) in [4.78, 5) is 0. The van der Waals surface area contributed by atoms with E-state index in [4.69, 9.17) is 15.8 Å². The van der Waals surface area contributed by atoms with E-state index in [1.165, 1.54) is 17.4 Å². The third kappa shape index (κ3) is 1.33. The van der Waals surface area contributed by atoms with E-state index in [1.54, 1.807) is 11.4 Å². The molecular weight excluding hydrogens is 201 g/mol. The van der Waals surface area contributed by atoms with Gasteiger partial charge < -0.3 is 20.9 Å². The molecule has 0 spiro atoms. The molecule has 0 aliphatic rings. The summed E-state index contributed by atoms with van der Waals surface area (Å²) in [5, 5.41) is 29.7. The van der Waals surface area contributed by atoms with Crippen LogP contribution < -0.4 is 11.2 Å². The van der Waals surface area contributed by atoms with Gasteiger partial charge in [0.2, 0.25) is 0 Å². The standard InChI is InChI=1S/C8H8BNO3S/c10-6-2-8-4(1-7(6)11)5(3-14-8)9(12)13/h1-3,11-13H,10H2. The zero-order valence-electron chi connectivity index (χ0n) is 7.14. The summed E-state index contributed by atoms with van der Waals surface area (Å²) in [7, 11) is -1.52. The van der Waals surface area contributed by atoms with Gasteiger partial charge in [0.25, 0.3) is 0 Å². The average molecular weight is 209 g/mol. The van der Waals surface area contributed by atoms with Gasteiger partial charge in [-0.05, 0) is 22.9 Å². The van der Waals surface area contributed by atoms with Crippen molar-refractivity contribution in [3.8, 4) is 5.75 Å². The number of benzene rings is 1. The van der Waals surface area contributed by atoms with Crippen LogP contribution in [0.15, 0.2) is 17.5 Å². The predicted molar refractivity (Wildman–Crippen MR) is 57.7 cm³/mol. The quantitative estimate of drug-likeness (QED) is 0.299. The first kappa shape index (κ1) is 9.33. The number of nitrogen functional groups attached to an aromatic ring is 1. The Kier molecular flexibility index (Phi) is 2.11. The maximum absolute atomic E-state index is 9.36. The molecule has 14 heavy (non-hydrogen) atoms. The molecule has 0 bridgehead atoms. The fourth-order valence-electron chi connectivity index (χ4n) is 1.30. The highest BCUT2D eigenvalue weighted by Gasteiger charge is 2.17. The maximum Gasteiger partial charge on any atom is 0.489 e. The monoisotopic (exact) mass is 209 g/mol. The van der Waals surface area contributed by atoms with Crippen LogP contribution in [-0.2, 0) is 0 Å². The summed E-state index contributed by atoms with van der Waals surface area (Å²) < 4.78 is 0.823. The van der Waals surface area contributed by atoms with E-state index in [0.29, 0.717) is 16.5 Å². The topological polar surface area (TPSA) is 86.7 Å². The van der Waals surface area contributed by atoms with Crippen LogP contribution in [0.5, 0.6) is 5.75 Å². The number of phenolic OH excluding ortho intramolecular Hbond substituents is 1. The first-order chi connectivity index (χ1) is 6.59. The third-order valence-electron chi connectivity index (χ3n) is 2.03. The lowest BCUT2D eigenvalue weighted by molar-refractivity contribution is 0.426. The number of aromatic hydroxyl groups is 1. The number of hydrogen-bond donors (Lipinski definition) is 4. The zero-order valence-corrected chi connectivity index (χ0v) is 7.95. The Morgan fingerprint density at radius 2 is 2.00 bits per heavy atom. The van der Waals surface area contributed by atoms with Crippen molar-refractivity contribution in [3.05, 3.63) is 17.5 Å². The normalized spacial score (nSPS) is 10.7. The van der Waals surface area contributed by atoms with Crippen LogP contribution >= 0.6 is 11.3 Å². The highest BCUT2D eigenvalue weighted by molar-refractivity contribution is 7.18. The molecule has 5 N–H and O–H groups in total. The van der Waals surface area contributed by atoms with E-state index < -0.39 is 7.12 Å². The summed E-state index contributed by atoms with van der Waals surface area (Å²) >= 11 is 1.35. The van der Waals surface area contributed by atoms with Crippen LogP contribution in [0.3, 0.4) is 0 Å². The minimum Gasteiger partial charge on any atom is -0.506 e. The molecule has 0 unspecified atom stereocenters. The first-order valence-electron chi connectivity index (χ1n) is 3.95. The van der Waals surface area contributed by atoms with Crippen molar-refractivity contribution in [1.82, 2.24) is 0 Å². The summed E-state index contributed by atoms with van der Waals surface area (Å²) in [5.74, 6) is -0.0437. The molecule has 0 saturated carbocycles. The number of nitrogens with two attached hydrogens (primary N) is 1. The Bertz CT molecular complexity index is 483. The van der Waals surface area contributed by atoms with Crippen molar-refractivity contribution < 1.29 is 15.2 Å². The van der Waals surface area contributed by atoms with Crippen molar-refractivity contribution in [3.63, 3.8) is 0 Å². The molecular formula is C8H8BNO3S. The van der Waals surface area contributed by atoms with Crippen molar-refractivity contribution >= 4 is 39.7 Å². The molecule has 0 atom stereocenters. The number of rotatable bonds is 1. The zero-order chi connectivity index (χ0) is 10.3. The highest BCUT2D eigenvalue weighted by Crippen LogP contribution is 2.29.